The van der Waals surface area contributed by atoms with Crippen molar-refractivity contribution in [1.29, 1.82) is 5.41 Å². The van der Waals surface area contributed by atoms with Crippen LogP contribution in [0.1, 0.15) is 73.1 Å². The number of guanidine groups is 1. The third kappa shape index (κ3) is 9.46. The van der Waals surface area contributed by atoms with Crippen LogP contribution in [0.15, 0.2) is 59.0 Å². The van der Waals surface area contributed by atoms with Crippen LogP contribution < -0.4 is 67.3 Å². The molecule has 0 radical (unpaired) electrons. The fraction of sp³-hybridized carbons (Fsp3) is 0.297. The number of H-pyrrole nitrogens is 2. The Morgan fingerprint density at radius 1 is 0.788 bits per heavy atom. The first kappa shape index (κ1) is 41.9. The number of allylic oxidation sites excluding steroid dienone is 2. The second-order valence-corrected chi connectivity index (χ2v) is 12.5. The molecule has 5 rings (SSSR count). The van der Waals surface area contributed by atoms with E-state index in [-0.39, 0.29) is 102 Å². The first-order chi connectivity index (χ1) is 24.1. The molecule has 0 atom stereocenters. The average Bonchev–Trinajstić information content (AvgIpc) is 3.78. The summed E-state index contributed by atoms with van der Waals surface area (Å²) < 4.78 is 0. The van der Waals surface area contributed by atoms with Crippen LogP contribution in [0, 0.1) is 19.3 Å². The van der Waals surface area contributed by atoms with Crippen LogP contribution in [-0.2, 0) is 43.2 Å². The summed E-state index contributed by atoms with van der Waals surface area (Å²) in [6.45, 7) is 15.2. The number of carboxylic acids is 2. The van der Waals surface area contributed by atoms with Crippen molar-refractivity contribution < 1.29 is 87.0 Å². The number of amides is 3. The Kier molecular flexibility index (Phi) is 14.3. The molecule has 8 N–H and O–H groups in total. The Morgan fingerprint density at radius 2 is 1.27 bits per heavy atom. The number of carbonyl (C=O) groups is 5. The van der Waals surface area contributed by atoms with E-state index < -0.39 is 11.9 Å². The van der Waals surface area contributed by atoms with Crippen molar-refractivity contribution in [1.82, 2.24) is 30.8 Å². The van der Waals surface area contributed by atoms with Gasteiger partial charge in [0.15, 0.2) is 5.96 Å². The van der Waals surface area contributed by atoms with Crippen molar-refractivity contribution in [3.05, 3.63) is 104 Å². The van der Waals surface area contributed by atoms with E-state index in [1.54, 1.807) is 24.9 Å². The summed E-state index contributed by atoms with van der Waals surface area (Å²) in [6.07, 6.45) is 7.58. The molecule has 1 fully saturated rings. The van der Waals surface area contributed by atoms with Crippen LogP contribution in [0.2, 0.25) is 0 Å². The molecule has 3 amide bonds. The number of carboxylic acid groups (broad SMARTS) is 2. The predicted molar refractivity (Wildman–Crippen MR) is 193 cm³/mol. The van der Waals surface area contributed by atoms with E-state index in [1.807, 2.05) is 32.9 Å². The van der Waals surface area contributed by atoms with Crippen LogP contribution >= 0.6 is 0 Å². The first-order valence-electron chi connectivity index (χ1n) is 16.2. The zero-order chi connectivity index (χ0) is 37.7. The number of likely N-dealkylation sites (N-methyl/N-ethyl adjacent to an activating group) is 1. The van der Waals surface area contributed by atoms with Crippen LogP contribution in [0.25, 0.3) is 12.2 Å². The van der Waals surface area contributed by atoms with E-state index in [2.05, 4.69) is 39.1 Å². The maximum atomic E-state index is 12.3. The Morgan fingerprint density at radius 3 is 1.65 bits per heavy atom. The molecule has 270 valence electrons. The molecule has 52 heavy (non-hydrogen) atoms. The van der Waals surface area contributed by atoms with E-state index in [0.29, 0.717) is 41.1 Å². The molecule has 0 saturated carbocycles. The van der Waals surface area contributed by atoms with Crippen molar-refractivity contribution in [3.63, 3.8) is 0 Å². The minimum atomic E-state index is -0.922. The van der Waals surface area contributed by atoms with E-state index in [9.17, 15) is 34.2 Å². The Hall–Kier alpha value is -4.54. The average molecular weight is 738 g/mol. The predicted octanol–water partition coefficient (Wildman–Crippen LogP) is 0.631. The van der Waals surface area contributed by atoms with Gasteiger partial charge in [-0.25, -0.2) is 0 Å². The normalized spacial score (nSPS) is 16.9. The number of rotatable bonds is 12. The number of nitrogens with zero attached hydrogens (tertiary/aromatic N) is 1. The topological polar surface area (TPSA) is 221 Å². The van der Waals surface area contributed by atoms with Crippen LogP contribution in [0.4, 0.5) is 0 Å². The summed E-state index contributed by atoms with van der Waals surface area (Å²) in [4.78, 5) is 66.4. The number of nitrogens with one attached hydrogen (secondary N) is 6. The molecule has 1 saturated heterocycles. The van der Waals surface area contributed by atoms with Crippen molar-refractivity contribution >= 4 is 47.8 Å². The van der Waals surface area contributed by atoms with Crippen LogP contribution in [0.5, 0.6) is 0 Å². The molecule has 3 aliphatic rings. The zero-order valence-corrected chi connectivity index (χ0v) is 33.5. The second kappa shape index (κ2) is 17.8. The number of carbonyl (C=O) groups excluding carboxylic acids is 3. The largest absolute Gasteiger partial charge is 1.00 e. The Balaban J connectivity index is 0.000000860. The molecule has 2 aromatic rings. The standard InChI is InChI=1S/C33H36N4O6.C4H7N3O.K.H/c1-7-20-19(6)32(42)37-27(20)14-25-18(5)23(10-12-31(40)41)29(35-25)15-28-22(9-11-30(38)39)17(4)24(34-28)13-26-16(3)21(8-2)33(43)36-26;1-7-2-3(8)6-4(7)5;;/h7-8,13-14,34-35H,1-2,9-12,15H2,3-6H3,(H,36,43)(H,37,42)(H,38,39)(H,40,41);2H2,1H3,(H2,5,6,8);;/q;;+1;-1/b26-13-,27-14-;;;. The number of hydrogen-bond donors (Lipinski definition) is 8. The molecule has 0 aliphatic carbocycles. The van der Waals surface area contributed by atoms with Gasteiger partial charge in [-0.15, -0.1) is 0 Å². The molecular weight excluding hydrogens is 694 g/mol. The summed E-state index contributed by atoms with van der Waals surface area (Å²) in [5, 5.41) is 33.9. The summed E-state index contributed by atoms with van der Waals surface area (Å²) in [7, 11) is 1.69. The minimum Gasteiger partial charge on any atom is -1.00 e. The number of aromatic nitrogens is 2. The van der Waals surface area contributed by atoms with Gasteiger partial charge in [0.05, 0.1) is 12.2 Å². The number of aliphatic carboxylic acids is 2. The van der Waals surface area contributed by atoms with Gasteiger partial charge in [-0.2, -0.15) is 0 Å². The zero-order valence-electron chi connectivity index (χ0n) is 31.3. The molecule has 0 unspecified atom stereocenters. The molecule has 0 bridgehead atoms. The maximum absolute atomic E-state index is 12.3. The summed E-state index contributed by atoms with van der Waals surface area (Å²) >= 11 is 0. The van der Waals surface area contributed by atoms with Gasteiger partial charge in [0.25, 0.3) is 11.8 Å². The molecule has 15 heteroatoms. The van der Waals surface area contributed by atoms with E-state index in [4.69, 9.17) is 5.41 Å². The van der Waals surface area contributed by atoms with Crippen molar-refractivity contribution in [2.24, 2.45) is 0 Å². The molecule has 5 heterocycles. The third-order valence-electron chi connectivity index (χ3n) is 9.13. The second-order valence-electron chi connectivity index (χ2n) is 12.5. The van der Waals surface area contributed by atoms with Crippen molar-refractivity contribution in [2.45, 2.75) is 59.8 Å². The van der Waals surface area contributed by atoms with Crippen molar-refractivity contribution in [2.75, 3.05) is 13.6 Å². The number of hydrogen-bond acceptors (Lipinski definition) is 6. The van der Waals surface area contributed by atoms with Gasteiger partial charge in [0.1, 0.15) is 0 Å². The SMILES string of the molecule is C=CC1=C(C)/C(=C/c2[nH]c(Cc3[nH]c(/C=C4\NC(=O)C(C)=C4C=C)c(C)c3CCC(=O)O)c(CCC(=O)O)c2C)NC1=O.CN1CC(=O)NC1=N.[H-].[K+]. The smallest absolute Gasteiger partial charge is 1.00 e. The van der Waals surface area contributed by atoms with Gasteiger partial charge in [-0.3, -0.25) is 34.7 Å². The van der Waals surface area contributed by atoms with E-state index >= 15 is 0 Å². The minimum absolute atomic E-state index is 0. The molecule has 0 aromatic carbocycles. The van der Waals surface area contributed by atoms with Crippen molar-refractivity contribution in [3.8, 4) is 0 Å². The molecular formula is C37H44KN7O7. The summed E-state index contributed by atoms with van der Waals surface area (Å²) in [6, 6.07) is 0. The van der Waals surface area contributed by atoms with E-state index in [1.165, 1.54) is 6.08 Å². The van der Waals surface area contributed by atoms with Gasteiger partial charge in [-0.1, -0.05) is 25.3 Å². The summed E-state index contributed by atoms with van der Waals surface area (Å²) in [5.74, 6) is -2.19. The van der Waals surface area contributed by atoms with Crippen LogP contribution in [-0.4, -0.2) is 74.3 Å². The van der Waals surface area contributed by atoms with Gasteiger partial charge < -0.3 is 37.1 Å². The maximum Gasteiger partial charge on any atom is 1.00 e. The fourth-order valence-corrected chi connectivity index (χ4v) is 6.17. The van der Waals surface area contributed by atoms with Gasteiger partial charge >= 0.3 is 63.3 Å². The number of aromatic amines is 2. The third-order valence-corrected chi connectivity index (χ3v) is 9.13. The molecule has 3 aliphatic heterocycles. The molecule has 14 nitrogen and oxygen atoms in total. The molecule has 2 aromatic heterocycles. The quantitative estimate of drug-likeness (QED) is 0.144. The summed E-state index contributed by atoms with van der Waals surface area (Å²) in [5.41, 5.74) is 10.2. The van der Waals surface area contributed by atoms with E-state index in [0.717, 1.165) is 50.6 Å². The Bertz CT molecular complexity index is 2020. The van der Waals surface area contributed by atoms with Crippen LogP contribution in [0.3, 0.4) is 0 Å². The Labute approximate surface area is 345 Å². The fourth-order valence-electron chi connectivity index (χ4n) is 6.17. The van der Waals surface area contributed by atoms with Gasteiger partial charge in [0, 0.05) is 71.5 Å². The molecule has 0 spiro atoms. The first-order valence-corrected chi connectivity index (χ1v) is 16.2. The van der Waals surface area contributed by atoms with Gasteiger partial charge in [-0.05, 0) is 80.5 Å². The monoisotopic (exact) mass is 737 g/mol. The van der Waals surface area contributed by atoms with Gasteiger partial charge in [0.2, 0.25) is 5.91 Å².